The number of carbonyl (C=O) groups is 1. The Hall–Kier alpha value is -0.830. The lowest BCUT2D eigenvalue weighted by Crippen LogP contribution is -2.36. The van der Waals surface area contributed by atoms with Crippen molar-refractivity contribution < 1.29 is 9.90 Å². The van der Waals surface area contributed by atoms with Crippen LogP contribution in [-0.4, -0.2) is 35.1 Å². The summed E-state index contributed by atoms with van der Waals surface area (Å²) in [5.74, 6) is 0.0223. The maximum absolute atomic E-state index is 11.3. The maximum atomic E-state index is 11.3. The number of hydrogen-bond acceptors (Lipinski definition) is 2. The number of aliphatic hydroxyl groups excluding tert-OH is 1. The highest BCUT2D eigenvalue weighted by molar-refractivity contribution is 5.87. The molecule has 0 saturated carbocycles. The maximum Gasteiger partial charge on any atom is 0.246 e. The molecule has 0 bridgehead atoms. The Kier molecular flexibility index (Phi) is 3.29. The van der Waals surface area contributed by atoms with E-state index in [0.29, 0.717) is 0 Å². The summed E-state index contributed by atoms with van der Waals surface area (Å²) in [6.07, 6.45) is 5.22. The minimum absolute atomic E-state index is 0.0223. The van der Waals surface area contributed by atoms with E-state index in [1.54, 1.807) is 17.1 Å². The Morgan fingerprint density at radius 1 is 1.75 bits per heavy atom. The van der Waals surface area contributed by atoms with Gasteiger partial charge in [0.15, 0.2) is 0 Å². The quantitative estimate of drug-likeness (QED) is 0.613. The molecule has 12 heavy (non-hydrogen) atoms. The lowest BCUT2D eigenvalue weighted by atomic mass is 10.2. The van der Waals surface area contributed by atoms with Gasteiger partial charge >= 0.3 is 0 Å². The number of aliphatic hydroxyl groups is 1. The molecule has 68 valence electrons. The summed E-state index contributed by atoms with van der Waals surface area (Å²) in [6.45, 7) is 2.69. The Morgan fingerprint density at radius 3 is 3.08 bits per heavy atom. The van der Waals surface area contributed by atoms with Gasteiger partial charge in [-0.1, -0.05) is 6.08 Å². The van der Waals surface area contributed by atoms with Crippen LogP contribution < -0.4 is 0 Å². The van der Waals surface area contributed by atoms with Crippen molar-refractivity contribution in [2.24, 2.45) is 0 Å². The van der Waals surface area contributed by atoms with Crippen molar-refractivity contribution in [1.82, 2.24) is 4.90 Å². The van der Waals surface area contributed by atoms with E-state index in [-0.39, 0.29) is 18.6 Å². The topological polar surface area (TPSA) is 40.5 Å². The zero-order valence-electron chi connectivity index (χ0n) is 7.36. The fraction of sp³-hybridized carbons (Fsp3) is 0.667. The van der Waals surface area contributed by atoms with Gasteiger partial charge in [-0.3, -0.25) is 4.79 Å². The fourth-order valence-electron chi connectivity index (χ4n) is 1.55. The summed E-state index contributed by atoms with van der Waals surface area (Å²) in [5.41, 5.74) is 0. The molecule has 0 aromatic carbocycles. The summed E-state index contributed by atoms with van der Waals surface area (Å²) in [4.78, 5) is 13.1. The van der Waals surface area contributed by atoms with Crippen LogP contribution >= 0.6 is 0 Å². The number of carbonyl (C=O) groups excluding carboxylic acids is 1. The van der Waals surface area contributed by atoms with E-state index in [9.17, 15) is 4.79 Å². The van der Waals surface area contributed by atoms with Gasteiger partial charge in [-0.25, -0.2) is 0 Å². The molecule has 1 heterocycles. The standard InChI is InChI=1S/C9H15NO2/c1-2-4-9(12)10-6-3-5-8(10)7-11/h2,4,8,11H,3,5-7H2,1H3/t8-/m1/s1. The summed E-state index contributed by atoms with van der Waals surface area (Å²) in [6, 6.07) is 0.0497. The zero-order chi connectivity index (χ0) is 8.97. The number of nitrogens with zero attached hydrogens (tertiary/aromatic N) is 1. The second-order valence-corrected chi connectivity index (χ2v) is 3.01. The number of hydrogen-bond donors (Lipinski definition) is 1. The van der Waals surface area contributed by atoms with Crippen molar-refractivity contribution in [2.75, 3.05) is 13.2 Å². The average Bonchev–Trinajstić information content (AvgIpc) is 2.51. The molecular formula is C9H15NO2. The molecule has 1 aliphatic rings. The molecule has 0 spiro atoms. The number of rotatable bonds is 2. The van der Waals surface area contributed by atoms with Gasteiger partial charge in [0.2, 0.25) is 5.91 Å². The Balaban J connectivity index is 2.55. The molecule has 1 saturated heterocycles. The van der Waals surface area contributed by atoms with Gasteiger partial charge < -0.3 is 10.0 Å². The number of amides is 1. The van der Waals surface area contributed by atoms with Crippen LogP contribution in [0.5, 0.6) is 0 Å². The predicted octanol–water partition coefficient (Wildman–Crippen LogP) is 0.546. The third kappa shape index (κ3) is 1.85. The lowest BCUT2D eigenvalue weighted by Gasteiger charge is -2.21. The first-order chi connectivity index (χ1) is 5.79. The van der Waals surface area contributed by atoms with Crippen LogP contribution in [0.1, 0.15) is 19.8 Å². The molecule has 1 aliphatic heterocycles. The van der Waals surface area contributed by atoms with Crippen LogP contribution in [0, 0.1) is 0 Å². The SMILES string of the molecule is CC=CC(=O)N1CCC[C@@H]1CO. The smallest absolute Gasteiger partial charge is 0.246 e. The van der Waals surface area contributed by atoms with Crippen LogP contribution in [-0.2, 0) is 4.79 Å². The van der Waals surface area contributed by atoms with Crippen molar-refractivity contribution in [1.29, 1.82) is 0 Å². The molecule has 0 aromatic rings. The molecule has 1 fully saturated rings. The van der Waals surface area contributed by atoms with Gasteiger partial charge in [0.1, 0.15) is 0 Å². The van der Waals surface area contributed by atoms with Crippen LogP contribution in [0.2, 0.25) is 0 Å². The first-order valence-corrected chi connectivity index (χ1v) is 4.33. The molecule has 1 N–H and O–H groups in total. The molecule has 1 rings (SSSR count). The molecule has 3 heteroatoms. The summed E-state index contributed by atoms with van der Waals surface area (Å²) in [7, 11) is 0. The summed E-state index contributed by atoms with van der Waals surface area (Å²) >= 11 is 0. The zero-order valence-corrected chi connectivity index (χ0v) is 7.36. The number of allylic oxidation sites excluding steroid dienone is 1. The molecule has 1 amide bonds. The first-order valence-electron chi connectivity index (χ1n) is 4.33. The number of likely N-dealkylation sites (tertiary alicyclic amines) is 1. The molecule has 3 nitrogen and oxygen atoms in total. The average molecular weight is 169 g/mol. The monoisotopic (exact) mass is 169 g/mol. The second kappa shape index (κ2) is 4.26. The minimum Gasteiger partial charge on any atom is -0.394 e. The van der Waals surface area contributed by atoms with Crippen molar-refractivity contribution in [3.8, 4) is 0 Å². The molecule has 1 atom stereocenters. The van der Waals surface area contributed by atoms with E-state index < -0.39 is 0 Å². The summed E-state index contributed by atoms with van der Waals surface area (Å²) < 4.78 is 0. The molecule has 0 unspecified atom stereocenters. The van der Waals surface area contributed by atoms with Crippen molar-refractivity contribution >= 4 is 5.91 Å². The highest BCUT2D eigenvalue weighted by Crippen LogP contribution is 2.16. The largest absolute Gasteiger partial charge is 0.394 e. The van der Waals surface area contributed by atoms with E-state index in [1.807, 2.05) is 6.92 Å². The van der Waals surface area contributed by atoms with Crippen LogP contribution in [0.4, 0.5) is 0 Å². The normalized spacial score (nSPS) is 23.8. The third-order valence-electron chi connectivity index (χ3n) is 2.18. The molecular weight excluding hydrogens is 154 g/mol. The predicted molar refractivity (Wildman–Crippen MR) is 46.6 cm³/mol. The van der Waals surface area contributed by atoms with Gasteiger partial charge in [-0.15, -0.1) is 0 Å². The Bertz CT molecular complexity index is 189. The first kappa shape index (κ1) is 9.26. The van der Waals surface area contributed by atoms with E-state index in [2.05, 4.69) is 0 Å². The van der Waals surface area contributed by atoms with E-state index >= 15 is 0 Å². The van der Waals surface area contributed by atoms with Crippen LogP contribution in [0.15, 0.2) is 12.2 Å². The van der Waals surface area contributed by atoms with E-state index in [1.165, 1.54) is 0 Å². The summed E-state index contributed by atoms with van der Waals surface area (Å²) in [5, 5.41) is 8.94. The van der Waals surface area contributed by atoms with Gasteiger partial charge in [-0.2, -0.15) is 0 Å². The molecule has 0 aromatic heterocycles. The van der Waals surface area contributed by atoms with Crippen molar-refractivity contribution in [3.63, 3.8) is 0 Å². The molecule has 0 radical (unpaired) electrons. The van der Waals surface area contributed by atoms with Crippen LogP contribution in [0.25, 0.3) is 0 Å². The Labute approximate surface area is 72.7 Å². The van der Waals surface area contributed by atoms with Gasteiger partial charge in [0, 0.05) is 6.54 Å². The second-order valence-electron chi connectivity index (χ2n) is 3.01. The van der Waals surface area contributed by atoms with Crippen molar-refractivity contribution in [2.45, 2.75) is 25.8 Å². The van der Waals surface area contributed by atoms with E-state index in [4.69, 9.17) is 5.11 Å². The van der Waals surface area contributed by atoms with Gasteiger partial charge in [0.25, 0.3) is 0 Å². The fourth-order valence-corrected chi connectivity index (χ4v) is 1.55. The van der Waals surface area contributed by atoms with Gasteiger partial charge in [0.05, 0.1) is 12.6 Å². The minimum atomic E-state index is 0.0223. The Morgan fingerprint density at radius 2 is 2.50 bits per heavy atom. The van der Waals surface area contributed by atoms with Crippen LogP contribution in [0.3, 0.4) is 0 Å². The molecule has 0 aliphatic carbocycles. The van der Waals surface area contributed by atoms with E-state index in [0.717, 1.165) is 19.4 Å². The van der Waals surface area contributed by atoms with Gasteiger partial charge in [-0.05, 0) is 25.8 Å². The third-order valence-corrected chi connectivity index (χ3v) is 2.18. The lowest BCUT2D eigenvalue weighted by molar-refractivity contribution is -0.127. The van der Waals surface area contributed by atoms with Crippen molar-refractivity contribution in [3.05, 3.63) is 12.2 Å². The highest BCUT2D eigenvalue weighted by Gasteiger charge is 2.26. The highest BCUT2D eigenvalue weighted by atomic mass is 16.3.